The third-order valence-electron chi connectivity index (χ3n) is 3.97. The molecule has 1 heterocycles. The van der Waals surface area contributed by atoms with Crippen LogP contribution in [0.25, 0.3) is 0 Å². The fourth-order valence-electron chi connectivity index (χ4n) is 2.64. The number of carbonyl (C=O) groups excluding carboxylic acids is 1. The van der Waals surface area contributed by atoms with Crippen molar-refractivity contribution in [1.82, 2.24) is 4.72 Å². The highest BCUT2D eigenvalue weighted by Crippen LogP contribution is 2.23. The number of anilines is 1. The van der Waals surface area contributed by atoms with Gasteiger partial charge in [-0.15, -0.1) is 0 Å². The molecular formula is C17H17ClN2O3S. The monoisotopic (exact) mass is 364 g/mol. The van der Waals surface area contributed by atoms with E-state index in [0.717, 1.165) is 11.3 Å². The van der Waals surface area contributed by atoms with Crippen LogP contribution in [0.3, 0.4) is 0 Å². The molecule has 2 aromatic carbocycles. The number of nitrogens with one attached hydrogen (secondary N) is 1. The lowest BCUT2D eigenvalue weighted by Gasteiger charge is -2.17. The second-order valence-corrected chi connectivity index (χ2v) is 7.89. The van der Waals surface area contributed by atoms with Gasteiger partial charge in [0.05, 0.1) is 4.90 Å². The van der Waals surface area contributed by atoms with Gasteiger partial charge >= 0.3 is 0 Å². The maximum absolute atomic E-state index is 12.5. The quantitative estimate of drug-likeness (QED) is 0.907. The van der Waals surface area contributed by atoms with Crippen molar-refractivity contribution < 1.29 is 13.2 Å². The van der Waals surface area contributed by atoms with Gasteiger partial charge in [-0.2, -0.15) is 4.72 Å². The first-order chi connectivity index (χ1) is 11.4. The van der Waals surface area contributed by atoms with Gasteiger partial charge in [0, 0.05) is 17.3 Å². The summed E-state index contributed by atoms with van der Waals surface area (Å²) in [5.74, 6) is -0.239. The fourth-order valence-corrected chi connectivity index (χ4v) is 3.99. The first-order valence-corrected chi connectivity index (χ1v) is 9.39. The lowest BCUT2D eigenvalue weighted by molar-refractivity contribution is -0.118. The zero-order chi connectivity index (χ0) is 17.3. The van der Waals surface area contributed by atoms with Crippen LogP contribution in [0.2, 0.25) is 5.02 Å². The van der Waals surface area contributed by atoms with Crippen LogP contribution in [-0.2, 0) is 14.8 Å². The summed E-state index contributed by atoms with van der Waals surface area (Å²) < 4.78 is 27.3. The summed E-state index contributed by atoms with van der Waals surface area (Å²) in [5, 5.41) is 0.455. The van der Waals surface area contributed by atoms with Crippen molar-refractivity contribution in [3.8, 4) is 0 Å². The number of amides is 1. The van der Waals surface area contributed by atoms with Gasteiger partial charge in [0.25, 0.3) is 0 Å². The minimum Gasteiger partial charge on any atom is -0.311 e. The first kappa shape index (κ1) is 17.0. The summed E-state index contributed by atoms with van der Waals surface area (Å²) in [6.45, 7) is 2.45. The van der Waals surface area contributed by atoms with Gasteiger partial charge in [-0.3, -0.25) is 4.79 Å². The van der Waals surface area contributed by atoms with Crippen LogP contribution in [0.1, 0.15) is 12.0 Å². The SMILES string of the molecule is Cc1ccc(N2CCC(NS(=O)(=O)c3ccc(Cl)cc3)C2=O)cc1. The van der Waals surface area contributed by atoms with Gasteiger partial charge in [0.1, 0.15) is 6.04 Å². The zero-order valence-electron chi connectivity index (χ0n) is 13.1. The third-order valence-corrected chi connectivity index (χ3v) is 5.71. The number of benzene rings is 2. The number of hydrogen-bond acceptors (Lipinski definition) is 3. The van der Waals surface area contributed by atoms with Crippen LogP contribution >= 0.6 is 11.6 Å². The van der Waals surface area contributed by atoms with Crippen molar-refractivity contribution >= 4 is 33.2 Å². The van der Waals surface area contributed by atoms with Crippen molar-refractivity contribution in [3.63, 3.8) is 0 Å². The number of carbonyl (C=O) groups is 1. The molecule has 1 saturated heterocycles. The molecule has 1 amide bonds. The average molecular weight is 365 g/mol. The van der Waals surface area contributed by atoms with E-state index in [-0.39, 0.29) is 10.8 Å². The molecule has 1 N–H and O–H groups in total. The molecule has 0 bridgehead atoms. The summed E-state index contributed by atoms with van der Waals surface area (Å²) in [4.78, 5) is 14.2. The standard InChI is InChI=1S/C17H17ClN2O3S/c1-12-2-6-14(7-3-12)20-11-10-16(17(20)21)19-24(22,23)15-8-4-13(18)5-9-15/h2-9,16,19H,10-11H2,1H3. The van der Waals surface area contributed by atoms with E-state index < -0.39 is 16.1 Å². The molecule has 1 unspecified atom stereocenters. The summed E-state index contributed by atoms with van der Waals surface area (Å²) in [6.07, 6.45) is 0.430. The predicted molar refractivity (Wildman–Crippen MR) is 93.7 cm³/mol. The molecule has 0 saturated carbocycles. The summed E-state index contributed by atoms with van der Waals surface area (Å²) in [6, 6.07) is 12.7. The van der Waals surface area contributed by atoms with Crippen molar-refractivity contribution in [3.05, 3.63) is 59.1 Å². The van der Waals surface area contributed by atoms with Crippen molar-refractivity contribution in [2.24, 2.45) is 0 Å². The molecule has 0 spiro atoms. The Morgan fingerprint density at radius 1 is 1.08 bits per heavy atom. The lowest BCUT2D eigenvalue weighted by atomic mass is 10.2. The normalized spacial score (nSPS) is 18.2. The highest BCUT2D eigenvalue weighted by atomic mass is 35.5. The van der Waals surface area contributed by atoms with Gasteiger partial charge in [0.2, 0.25) is 15.9 Å². The molecule has 2 aromatic rings. The number of rotatable bonds is 4. The number of hydrogen-bond donors (Lipinski definition) is 1. The van der Waals surface area contributed by atoms with Gasteiger partial charge in [0.15, 0.2) is 0 Å². The Hall–Kier alpha value is -1.89. The number of sulfonamides is 1. The maximum Gasteiger partial charge on any atom is 0.245 e. The highest BCUT2D eigenvalue weighted by molar-refractivity contribution is 7.89. The van der Waals surface area contributed by atoms with Gasteiger partial charge in [-0.25, -0.2) is 8.42 Å². The lowest BCUT2D eigenvalue weighted by Crippen LogP contribution is -2.41. The minimum atomic E-state index is -3.76. The van der Waals surface area contributed by atoms with Crippen LogP contribution in [0.15, 0.2) is 53.4 Å². The predicted octanol–water partition coefficient (Wildman–Crippen LogP) is 2.73. The average Bonchev–Trinajstić information content (AvgIpc) is 2.89. The highest BCUT2D eigenvalue weighted by Gasteiger charge is 2.35. The molecule has 1 atom stereocenters. The van der Waals surface area contributed by atoms with E-state index in [2.05, 4.69) is 4.72 Å². The van der Waals surface area contributed by atoms with E-state index in [9.17, 15) is 13.2 Å². The van der Waals surface area contributed by atoms with Gasteiger partial charge in [-0.05, 0) is 49.7 Å². The first-order valence-electron chi connectivity index (χ1n) is 7.53. The Kier molecular flexibility index (Phi) is 4.62. The summed E-state index contributed by atoms with van der Waals surface area (Å²) in [7, 11) is -3.76. The Morgan fingerprint density at radius 2 is 1.71 bits per heavy atom. The molecule has 0 aliphatic carbocycles. The topological polar surface area (TPSA) is 66.5 Å². The summed E-state index contributed by atoms with van der Waals surface area (Å²) in [5.41, 5.74) is 1.88. The molecule has 5 nitrogen and oxygen atoms in total. The van der Waals surface area contributed by atoms with Crippen LogP contribution in [-0.4, -0.2) is 26.9 Å². The van der Waals surface area contributed by atoms with Crippen LogP contribution in [0, 0.1) is 6.92 Å². The van der Waals surface area contributed by atoms with Crippen LogP contribution in [0.4, 0.5) is 5.69 Å². The summed E-state index contributed by atoms with van der Waals surface area (Å²) >= 11 is 5.78. The Morgan fingerprint density at radius 3 is 2.33 bits per heavy atom. The second-order valence-electron chi connectivity index (χ2n) is 5.74. The molecule has 0 radical (unpaired) electrons. The molecule has 1 aliphatic rings. The van der Waals surface area contributed by atoms with E-state index in [1.54, 1.807) is 4.90 Å². The smallest absolute Gasteiger partial charge is 0.245 e. The van der Waals surface area contributed by atoms with E-state index >= 15 is 0 Å². The Labute approximate surface area is 146 Å². The minimum absolute atomic E-state index is 0.0912. The zero-order valence-corrected chi connectivity index (χ0v) is 14.6. The van der Waals surface area contributed by atoms with E-state index in [0.29, 0.717) is 18.0 Å². The Bertz CT molecular complexity index is 848. The van der Waals surface area contributed by atoms with E-state index in [4.69, 9.17) is 11.6 Å². The molecule has 24 heavy (non-hydrogen) atoms. The van der Waals surface area contributed by atoms with E-state index in [1.807, 2.05) is 31.2 Å². The third kappa shape index (κ3) is 3.45. The van der Waals surface area contributed by atoms with Crippen LogP contribution in [0.5, 0.6) is 0 Å². The molecule has 1 aliphatic heterocycles. The van der Waals surface area contributed by atoms with Crippen molar-refractivity contribution in [2.45, 2.75) is 24.3 Å². The maximum atomic E-state index is 12.5. The van der Waals surface area contributed by atoms with Gasteiger partial charge < -0.3 is 4.90 Å². The largest absolute Gasteiger partial charge is 0.311 e. The molecular weight excluding hydrogens is 348 g/mol. The van der Waals surface area contributed by atoms with Crippen molar-refractivity contribution in [1.29, 1.82) is 0 Å². The molecule has 0 aromatic heterocycles. The molecule has 1 fully saturated rings. The fraction of sp³-hybridized carbons (Fsp3) is 0.235. The Balaban J connectivity index is 1.76. The number of halogens is 1. The number of aryl methyl sites for hydroxylation is 1. The molecule has 7 heteroatoms. The van der Waals surface area contributed by atoms with Gasteiger partial charge in [-0.1, -0.05) is 29.3 Å². The van der Waals surface area contributed by atoms with Crippen molar-refractivity contribution in [2.75, 3.05) is 11.4 Å². The number of nitrogens with zero attached hydrogens (tertiary/aromatic N) is 1. The molecule has 126 valence electrons. The second kappa shape index (κ2) is 6.55. The van der Waals surface area contributed by atoms with Crippen LogP contribution < -0.4 is 9.62 Å². The van der Waals surface area contributed by atoms with E-state index in [1.165, 1.54) is 24.3 Å². The molecule has 3 rings (SSSR count).